The summed E-state index contributed by atoms with van der Waals surface area (Å²) in [5.41, 5.74) is 5.82. The summed E-state index contributed by atoms with van der Waals surface area (Å²) in [6, 6.07) is 4.83. The van der Waals surface area contributed by atoms with Crippen LogP contribution in [0, 0.1) is 0 Å². The Kier molecular flexibility index (Phi) is 4.87. The number of nitrogens with two attached hydrogens (primary N) is 1. The third kappa shape index (κ3) is 4.07. The lowest BCUT2D eigenvalue weighted by molar-refractivity contribution is -0.137. The van der Waals surface area contributed by atoms with E-state index in [9.17, 15) is 9.18 Å². The van der Waals surface area contributed by atoms with E-state index in [1.807, 2.05) is 0 Å². The highest BCUT2D eigenvalue weighted by Gasteiger charge is 2.22. The van der Waals surface area contributed by atoms with Crippen molar-refractivity contribution >= 4 is 21.9 Å². The van der Waals surface area contributed by atoms with Gasteiger partial charge < -0.3 is 10.8 Å². The topological polar surface area (TPSA) is 63.3 Å². The minimum Gasteiger partial charge on any atom is -0.481 e. The fourth-order valence-electron chi connectivity index (χ4n) is 1.69. The van der Waals surface area contributed by atoms with E-state index in [1.54, 1.807) is 18.2 Å². The van der Waals surface area contributed by atoms with Gasteiger partial charge in [0.1, 0.15) is 5.67 Å². The summed E-state index contributed by atoms with van der Waals surface area (Å²) in [5.74, 6) is -0.869. The van der Waals surface area contributed by atoms with Gasteiger partial charge in [-0.25, -0.2) is 4.39 Å². The zero-order valence-electron chi connectivity index (χ0n) is 10.4. The Morgan fingerprint density at radius 1 is 1.56 bits per heavy atom. The second kappa shape index (κ2) is 5.80. The van der Waals surface area contributed by atoms with Gasteiger partial charge in [-0.15, -0.1) is 0 Å². The predicted molar refractivity (Wildman–Crippen MR) is 72.1 cm³/mol. The van der Waals surface area contributed by atoms with Gasteiger partial charge in [0.25, 0.3) is 0 Å². The third-order valence-electron chi connectivity index (χ3n) is 2.73. The molecule has 0 amide bonds. The monoisotopic (exact) mass is 317 g/mol. The summed E-state index contributed by atoms with van der Waals surface area (Å²) in [6.07, 6.45) is 0.384. The highest BCUT2D eigenvalue weighted by Crippen LogP contribution is 2.33. The minimum absolute atomic E-state index is 0.0230. The van der Waals surface area contributed by atoms with Crippen molar-refractivity contribution in [3.63, 3.8) is 0 Å². The minimum atomic E-state index is -1.43. The molecule has 0 bridgehead atoms. The number of carbonyl (C=O) groups is 1. The molecule has 0 aliphatic carbocycles. The Labute approximate surface area is 114 Å². The van der Waals surface area contributed by atoms with Crippen LogP contribution in [0.25, 0.3) is 0 Å². The number of benzene rings is 1. The van der Waals surface area contributed by atoms with Crippen LogP contribution in [0.4, 0.5) is 4.39 Å². The molecular formula is C13H17BrFNO2. The molecule has 18 heavy (non-hydrogen) atoms. The van der Waals surface area contributed by atoms with Crippen molar-refractivity contribution in [2.75, 3.05) is 0 Å². The van der Waals surface area contributed by atoms with Gasteiger partial charge in [0, 0.05) is 22.5 Å². The maximum absolute atomic E-state index is 13.8. The number of rotatable bonds is 5. The lowest BCUT2D eigenvalue weighted by atomic mass is 9.96. The van der Waals surface area contributed by atoms with Crippen LogP contribution in [0.3, 0.4) is 0 Å². The van der Waals surface area contributed by atoms with Crippen molar-refractivity contribution in [2.45, 2.75) is 38.4 Å². The van der Waals surface area contributed by atoms with Crippen molar-refractivity contribution in [1.82, 2.24) is 0 Å². The summed E-state index contributed by atoms with van der Waals surface area (Å²) < 4.78 is 14.5. The first-order chi connectivity index (χ1) is 8.21. The van der Waals surface area contributed by atoms with Gasteiger partial charge in [-0.05, 0) is 31.9 Å². The summed E-state index contributed by atoms with van der Waals surface area (Å²) in [4.78, 5) is 10.5. The third-order valence-corrected chi connectivity index (χ3v) is 3.39. The lowest BCUT2D eigenvalue weighted by Gasteiger charge is -2.19. The van der Waals surface area contributed by atoms with Crippen molar-refractivity contribution in [3.05, 3.63) is 33.8 Å². The first-order valence-corrected chi connectivity index (χ1v) is 6.47. The van der Waals surface area contributed by atoms with Gasteiger partial charge in [-0.1, -0.05) is 28.1 Å². The molecule has 0 aromatic heterocycles. The molecule has 1 aromatic carbocycles. The van der Waals surface area contributed by atoms with Gasteiger partial charge in [-0.2, -0.15) is 0 Å². The van der Waals surface area contributed by atoms with E-state index >= 15 is 0 Å². The quantitative estimate of drug-likeness (QED) is 0.873. The van der Waals surface area contributed by atoms with Crippen LogP contribution in [-0.4, -0.2) is 11.1 Å². The van der Waals surface area contributed by atoms with E-state index in [-0.39, 0.29) is 12.5 Å². The van der Waals surface area contributed by atoms with Gasteiger partial charge in [0.15, 0.2) is 0 Å². The molecule has 0 aliphatic rings. The fourth-order valence-corrected chi connectivity index (χ4v) is 2.56. The second-order valence-corrected chi connectivity index (χ2v) is 5.60. The summed E-state index contributed by atoms with van der Waals surface area (Å²) >= 11 is 3.32. The molecule has 5 heteroatoms. The summed E-state index contributed by atoms with van der Waals surface area (Å²) in [7, 11) is 0. The number of hydrogen-bond acceptors (Lipinski definition) is 2. The number of carboxylic acids is 1. The van der Waals surface area contributed by atoms with Crippen molar-refractivity contribution in [3.8, 4) is 0 Å². The molecule has 0 spiro atoms. The molecule has 0 heterocycles. The Bertz CT molecular complexity index is 443. The molecule has 1 aromatic rings. The Morgan fingerprint density at radius 3 is 2.61 bits per heavy atom. The van der Waals surface area contributed by atoms with Crippen LogP contribution >= 0.6 is 15.9 Å². The largest absolute Gasteiger partial charge is 0.481 e. The number of halogens is 2. The number of alkyl halides is 1. The van der Waals surface area contributed by atoms with E-state index in [0.717, 1.165) is 5.56 Å². The molecule has 0 aliphatic heterocycles. The highest BCUT2D eigenvalue weighted by molar-refractivity contribution is 9.10. The Balaban J connectivity index is 2.87. The van der Waals surface area contributed by atoms with E-state index in [1.165, 1.54) is 13.8 Å². The van der Waals surface area contributed by atoms with E-state index in [0.29, 0.717) is 16.5 Å². The first-order valence-electron chi connectivity index (χ1n) is 5.68. The number of carboxylic acid groups (broad SMARTS) is 1. The van der Waals surface area contributed by atoms with Gasteiger partial charge >= 0.3 is 5.97 Å². The van der Waals surface area contributed by atoms with Crippen LogP contribution in [0.15, 0.2) is 22.7 Å². The molecule has 1 rings (SSSR count). The van der Waals surface area contributed by atoms with E-state index in [2.05, 4.69) is 15.9 Å². The van der Waals surface area contributed by atoms with Gasteiger partial charge in [0.2, 0.25) is 0 Å². The molecule has 3 nitrogen and oxygen atoms in total. The summed E-state index contributed by atoms with van der Waals surface area (Å²) in [6.45, 7) is 2.97. The van der Waals surface area contributed by atoms with Crippen molar-refractivity contribution < 1.29 is 14.3 Å². The average molecular weight is 318 g/mol. The molecule has 0 saturated heterocycles. The Hall–Kier alpha value is -0.940. The normalized spacial score (nSPS) is 13.4. The summed E-state index contributed by atoms with van der Waals surface area (Å²) in [5, 5.41) is 8.60. The number of aliphatic carboxylic acids is 1. The van der Waals surface area contributed by atoms with E-state index in [4.69, 9.17) is 10.8 Å². The van der Waals surface area contributed by atoms with Crippen molar-refractivity contribution in [1.29, 1.82) is 0 Å². The standard InChI is InChI=1S/C13H17BrFNO2/c1-13(2,15)9-4-3-8(7-10(9)14)11(16)5-6-12(17)18/h3-4,7,11H,5-6,16H2,1-2H3,(H,17,18). The highest BCUT2D eigenvalue weighted by atomic mass is 79.9. The van der Waals surface area contributed by atoms with E-state index < -0.39 is 11.6 Å². The molecular weight excluding hydrogens is 301 g/mol. The SMILES string of the molecule is CC(C)(F)c1ccc(C(N)CCC(=O)O)cc1Br. The van der Waals surface area contributed by atoms with Gasteiger partial charge in [-0.3, -0.25) is 4.79 Å². The maximum Gasteiger partial charge on any atom is 0.303 e. The van der Waals surface area contributed by atoms with Crippen LogP contribution in [0.5, 0.6) is 0 Å². The molecule has 3 N–H and O–H groups in total. The van der Waals surface area contributed by atoms with Crippen LogP contribution < -0.4 is 5.73 Å². The predicted octanol–water partition coefficient (Wildman–Crippen LogP) is 3.52. The molecule has 1 unspecified atom stereocenters. The average Bonchev–Trinajstić information content (AvgIpc) is 2.23. The smallest absolute Gasteiger partial charge is 0.303 e. The molecule has 1 atom stereocenters. The fraction of sp³-hybridized carbons (Fsp3) is 0.462. The van der Waals surface area contributed by atoms with Crippen LogP contribution in [0.2, 0.25) is 0 Å². The first kappa shape index (κ1) is 15.1. The van der Waals surface area contributed by atoms with Crippen LogP contribution in [0.1, 0.15) is 43.9 Å². The Morgan fingerprint density at radius 2 is 2.17 bits per heavy atom. The maximum atomic E-state index is 13.8. The molecule has 0 fully saturated rings. The molecule has 0 saturated carbocycles. The zero-order chi connectivity index (χ0) is 13.9. The number of hydrogen-bond donors (Lipinski definition) is 2. The van der Waals surface area contributed by atoms with Crippen LogP contribution in [-0.2, 0) is 10.5 Å². The second-order valence-electron chi connectivity index (χ2n) is 4.75. The lowest BCUT2D eigenvalue weighted by Crippen LogP contribution is -2.14. The molecule has 100 valence electrons. The van der Waals surface area contributed by atoms with Crippen molar-refractivity contribution in [2.24, 2.45) is 5.73 Å². The zero-order valence-corrected chi connectivity index (χ0v) is 12.0. The van der Waals surface area contributed by atoms with Gasteiger partial charge in [0.05, 0.1) is 0 Å². The molecule has 0 radical (unpaired) electrons.